The molecule has 0 aliphatic rings. The fraction of sp³-hybridized carbons (Fsp3) is 0.250. The first kappa shape index (κ1) is 16.4. The summed E-state index contributed by atoms with van der Waals surface area (Å²) in [6.45, 7) is 5.34. The molecule has 0 amide bonds. The lowest BCUT2D eigenvalue weighted by Gasteiger charge is -2.18. The Kier molecular flexibility index (Phi) is 4.49. The van der Waals surface area contributed by atoms with Crippen molar-refractivity contribution < 1.29 is 8.81 Å². The number of halogens is 1. The molecule has 0 fully saturated rings. The fourth-order valence-electron chi connectivity index (χ4n) is 2.86. The van der Waals surface area contributed by atoms with Crippen LogP contribution < -0.4 is 5.63 Å². The Hall–Kier alpha value is -2.46. The second-order valence-electron chi connectivity index (χ2n) is 6.32. The molecule has 0 unspecified atom stereocenters. The van der Waals surface area contributed by atoms with Crippen LogP contribution in [0.25, 0.3) is 11.0 Å². The van der Waals surface area contributed by atoms with Crippen molar-refractivity contribution in [3.63, 3.8) is 0 Å². The van der Waals surface area contributed by atoms with E-state index in [1.165, 1.54) is 17.7 Å². The first-order valence-corrected chi connectivity index (χ1v) is 7.89. The Bertz CT molecular complexity index is 929. The van der Waals surface area contributed by atoms with Crippen LogP contribution in [0.5, 0.6) is 0 Å². The van der Waals surface area contributed by atoms with Crippen molar-refractivity contribution in [3.05, 3.63) is 81.0 Å². The second kappa shape index (κ2) is 6.57. The van der Waals surface area contributed by atoms with E-state index in [1.54, 1.807) is 18.2 Å². The first-order chi connectivity index (χ1) is 11.4. The lowest BCUT2D eigenvalue weighted by Crippen LogP contribution is -2.18. The summed E-state index contributed by atoms with van der Waals surface area (Å²) >= 11 is 0. The van der Waals surface area contributed by atoms with Gasteiger partial charge >= 0.3 is 5.63 Å². The van der Waals surface area contributed by atoms with Crippen molar-refractivity contribution >= 4 is 11.0 Å². The van der Waals surface area contributed by atoms with Gasteiger partial charge in [-0.3, -0.25) is 4.90 Å². The standard InChI is InChI=1S/C20H20FNO2/c1-13-8-18-16(10-20(23)24-19(18)9-14(13)2)12-22(3)11-15-4-6-17(21)7-5-15/h4-10H,11-12H2,1-3H3. The van der Waals surface area contributed by atoms with E-state index < -0.39 is 0 Å². The van der Waals surface area contributed by atoms with Crippen LogP contribution in [0.4, 0.5) is 4.39 Å². The normalized spacial score (nSPS) is 11.4. The number of benzene rings is 2. The molecule has 3 rings (SSSR count). The van der Waals surface area contributed by atoms with E-state index in [9.17, 15) is 9.18 Å². The molecule has 0 saturated heterocycles. The zero-order valence-electron chi connectivity index (χ0n) is 14.1. The van der Waals surface area contributed by atoms with Gasteiger partial charge in [-0.25, -0.2) is 9.18 Å². The molecule has 124 valence electrons. The molecule has 0 N–H and O–H groups in total. The highest BCUT2D eigenvalue weighted by atomic mass is 19.1. The van der Waals surface area contributed by atoms with Crippen LogP contribution in [0.2, 0.25) is 0 Å². The molecule has 3 nitrogen and oxygen atoms in total. The van der Waals surface area contributed by atoms with Crippen LogP contribution in [0.1, 0.15) is 22.3 Å². The van der Waals surface area contributed by atoms with Crippen LogP contribution in [-0.2, 0) is 13.1 Å². The van der Waals surface area contributed by atoms with Crippen molar-refractivity contribution in [1.82, 2.24) is 4.90 Å². The average Bonchev–Trinajstić information content (AvgIpc) is 2.51. The van der Waals surface area contributed by atoms with Gasteiger partial charge in [0.1, 0.15) is 11.4 Å². The minimum atomic E-state index is -0.337. The molecule has 2 aromatic carbocycles. The van der Waals surface area contributed by atoms with Gasteiger partial charge in [0, 0.05) is 24.5 Å². The Labute approximate surface area is 140 Å². The van der Waals surface area contributed by atoms with Crippen LogP contribution in [0.3, 0.4) is 0 Å². The number of hydrogen-bond donors (Lipinski definition) is 0. The first-order valence-electron chi connectivity index (χ1n) is 7.89. The third-order valence-electron chi connectivity index (χ3n) is 4.25. The van der Waals surface area contributed by atoms with Gasteiger partial charge in [-0.2, -0.15) is 0 Å². The molecule has 1 heterocycles. The van der Waals surface area contributed by atoms with Crippen molar-refractivity contribution in [3.8, 4) is 0 Å². The molecule has 0 radical (unpaired) electrons. The number of aryl methyl sites for hydroxylation is 2. The smallest absolute Gasteiger partial charge is 0.336 e. The van der Waals surface area contributed by atoms with Crippen LogP contribution in [0.15, 0.2) is 51.7 Å². The van der Waals surface area contributed by atoms with Gasteiger partial charge in [-0.05, 0) is 67.4 Å². The van der Waals surface area contributed by atoms with Crippen LogP contribution in [-0.4, -0.2) is 11.9 Å². The molecule has 0 spiro atoms. The maximum absolute atomic E-state index is 13.0. The summed E-state index contributed by atoms with van der Waals surface area (Å²) in [6, 6.07) is 12.0. The summed E-state index contributed by atoms with van der Waals surface area (Å²) in [7, 11) is 1.98. The lowest BCUT2D eigenvalue weighted by molar-refractivity contribution is 0.319. The predicted molar refractivity (Wildman–Crippen MR) is 93.5 cm³/mol. The summed E-state index contributed by atoms with van der Waals surface area (Å²) in [5.41, 5.74) is 4.51. The van der Waals surface area contributed by atoms with E-state index >= 15 is 0 Å². The van der Waals surface area contributed by atoms with Gasteiger partial charge in [-0.15, -0.1) is 0 Å². The van der Waals surface area contributed by atoms with E-state index in [0.29, 0.717) is 18.7 Å². The maximum atomic E-state index is 13.0. The van der Waals surface area contributed by atoms with Crippen molar-refractivity contribution in [2.45, 2.75) is 26.9 Å². The van der Waals surface area contributed by atoms with Gasteiger partial charge < -0.3 is 4.42 Å². The Morgan fingerprint density at radius 1 is 1.00 bits per heavy atom. The zero-order chi connectivity index (χ0) is 17.3. The summed E-state index contributed by atoms with van der Waals surface area (Å²) in [5, 5.41) is 0.962. The van der Waals surface area contributed by atoms with Gasteiger partial charge in [0.2, 0.25) is 0 Å². The third-order valence-corrected chi connectivity index (χ3v) is 4.25. The van der Waals surface area contributed by atoms with E-state index in [1.807, 2.05) is 27.0 Å². The SMILES string of the molecule is Cc1cc2oc(=O)cc(CN(C)Cc3ccc(F)cc3)c2cc1C. The van der Waals surface area contributed by atoms with Gasteiger partial charge in [0.05, 0.1) is 0 Å². The quantitative estimate of drug-likeness (QED) is 0.675. The average molecular weight is 325 g/mol. The van der Waals surface area contributed by atoms with E-state index in [0.717, 1.165) is 22.1 Å². The summed E-state index contributed by atoms with van der Waals surface area (Å²) in [6.07, 6.45) is 0. The minimum absolute atomic E-state index is 0.237. The van der Waals surface area contributed by atoms with Crippen LogP contribution in [0, 0.1) is 19.7 Å². The molecule has 0 saturated carbocycles. The molecule has 0 atom stereocenters. The van der Waals surface area contributed by atoms with Gasteiger partial charge in [-0.1, -0.05) is 12.1 Å². The third kappa shape index (κ3) is 3.54. The van der Waals surface area contributed by atoms with E-state index in [2.05, 4.69) is 11.0 Å². The Balaban J connectivity index is 1.90. The molecule has 0 aliphatic carbocycles. The van der Waals surface area contributed by atoms with E-state index in [4.69, 9.17) is 4.42 Å². The number of hydrogen-bond acceptors (Lipinski definition) is 3. The highest BCUT2D eigenvalue weighted by molar-refractivity contribution is 5.81. The second-order valence-corrected chi connectivity index (χ2v) is 6.32. The molecular weight excluding hydrogens is 305 g/mol. The molecule has 4 heteroatoms. The molecule has 1 aromatic heterocycles. The highest BCUT2D eigenvalue weighted by Gasteiger charge is 2.10. The Morgan fingerprint density at radius 2 is 1.67 bits per heavy atom. The van der Waals surface area contributed by atoms with Gasteiger partial charge in [0.25, 0.3) is 0 Å². The van der Waals surface area contributed by atoms with Crippen molar-refractivity contribution in [2.24, 2.45) is 0 Å². The molecule has 0 bridgehead atoms. The zero-order valence-corrected chi connectivity index (χ0v) is 14.1. The maximum Gasteiger partial charge on any atom is 0.336 e. The Morgan fingerprint density at radius 3 is 2.38 bits per heavy atom. The molecule has 3 aromatic rings. The van der Waals surface area contributed by atoms with Crippen LogP contribution >= 0.6 is 0 Å². The summed E-state index contributed by atoms with van der Waals surface area (Å²) in [4.78, 5) is 13.9. The lowest BCUT2D eigenvalue weighted by atomic mass is 10.0. The highest BCUT2D eigenvalue weighted by Crippen LogP contribution is 2.22. The fourth-order valence-corrected chi connectivity index (χ4v) is 2.86. The molecular formula is C20H20FNO2. The van der Waals surface area contributed by atoms with Crippen molar-refractivity contribution in [2.75, 3.05) is 7.05 Å². The summed E-state index contributed by atoms with van der Waals surface area (Å²) < 4.78 is 18.3. The number of nitrogens with zero attached hydrogens (tertiary/aromatic N) is 1. The number of rotatable bonds is 4. The molecule has 24 heavy (non-hydrogen) atoms. The van der Waals surface area contributed by atoms with Gasteiger partial charge in [0.15, 0.2) is 0 Å². The number of fused-ring (bicyclic) bond motifs is 1. The minimum Gasteiger partial charge on any atom is -0.423 e. The largest absolute Gasteiger partial charge is 0.423 e. The summed E-state index contributed by atoms with van der Waals surface area (Å²) in [5.74, 6) is -0.237. The van der Waals surface area contributed by atoms with Crippen molar-refractivity contribution in [1.29, 1.82) is 0 Å². The molecule has 0 aliphatic heterocycles. The van der Waals surface area contributed by atoms with E-state index in [-0.39, 0.29) is 11.4 Å². The predicted octanol–water partition coefficient (Wildman–Crippen LogP) is 4.18. The topological polar surface area (TPSA) is 33.5 Å². The monoisotopic (exact) mass is 325 g/mol.